The van der Waals surface area contributed by atoms with Crippen LogP contribution in [0.2, 0.25) is 5.02 Å². The summed E-state index contributed by atoms with van der Waals surface area (Å²) in [4.78, 5) is 34.7. The van der Waals surface area contributed by atoms with E-state index >= 15 is 0 Å². The lowest BCUT2D eigenvalue weighted by Crippen LogP contribution is -2.17. The van der Waals surface area contributed by atoms with Crippen molar-refractivity contribution in [3.63, 3.8) is 0 Å². The minimum absolute atomic E-state index is 0.0529. The van der Waals surface area contributed by atoms with E-state index in [1.165, 1.54) is 7.11 Å². The average Bonchev–Trinajstić information content (AvgIpc) is 3.18. The molecule has 0 radical (unpaired) electrons. The lowest BCUT2D eigenvalue weighted by atomic mass is 10.1. The van der Waals surface area contributed by atoms with Gasteiger partial charge in [0.15, 0.2) is 5.65 Å². The van der Waals surface area contributed by atoms with Gasteiger partial charge in [0, 0.05) is 35.8 Å². The lowest BCUT2D eigenvalue weighted by molar-refractivity contribution is -0.119. The summed E-state index contributed by atoms with van der Waals surface area (Å²) >= 11 is 6.37. The summed E-state index contributed by atoms with van der Waals surface area (Å²) < 4.78 is 4.83. The number of ether oxygens (including phenoxy) is 1. The first kappa shape index (κ1) is 21.3. The fraction of sp³-hybridized carbons (Fsp3) is 0.0909. The maximum Gasteiger partial charge on any atom is 0.409 e. The predicted molar refractivity (Wildman–Crippen MR) is 122 cm³/mol. The van der Waals surface area contributed by atoms with Gasteiger partial charge in [-0.15, -0.1) is 0 Å². The van der Waals surface area contributed by atoms with Gasteiger partial charge in [0.1, 0.15) is 12.4 Å². The van der Waals surface area contributed by atoms with E-state index in [4.69, 9.17) is 21.4 Å². The van der Waals surface area contributed by atoms with Crippen molar-refractivity contribution in [1.29, 1.82) is 0 Å². The highest BCUT2D eigenvalue weighted by Gasteiger charge is 2.13. The number of benzene rings is 2. The number of anilines is 2. The Labute approximate surface area is 187 Å². The van der Waals surface area contributed by atoms with Crippen molar-refractivity contribution < 1.29 is 19.4 Å². The molecule has 0 spiro atoms. The number of halogens is 1. The third-order valence-corrected chi connectivity index (χ3v) is 4.92. The Morgan fingerprint density at radius 3 is 2.53 bits per heavy atom. The first-order chi connectivity index (χ1) is 15.4. The Hall–Kier alpha value is -3.95. The Morgan fingerprint density at radius 2 is 1.81 bits per heavy atom. The minimum Gasteiger partial charge on any atom is -0.465 e. The second kappa shape index (κ2) is 9.04. The van der Waals surface area contributed by atoms with Gasteiger partial charge >= 0.3 is 6.09 Å². The van der Waals surface area contributed by atoms with Gasteiger partial charge in [-0.1, -0.05) is 23.7 Å². The number of carbonyl (C=O) groups excluding carboxylic acids is 1. The number of carbonyl (C=O) groups is 2. The second-order valence-corrected chi connectivity index (χ2v) is 7.27. The number of rotatable bonds is 6. The lowest BCUT2D eigenvalue weighted by Gasteiger charge is -2.07. The number of pyridine rings is 1. The fourth-order valence-corrected chi connectivity index (χ4v) is 3.37. The highest BCUT2D eigenvalue weighted by Crippen LogP contribution is 2.31. The van der Waals surface area contributed by atoms with Crippen LogP contribution in [0, 0.1) is 0 Å². The van der Waals surface area contributed by atoms with Crippen LogP contribution < -0.4 is 10.6 Å². The number of amides is 2. The molecule has 0 unspecified atom stereocenters. The molecule has 162 valence electrons. The zero-order chi connectivity index (χ0) is 22.7. The molecular formula is C22H18ClN5O4. The van der Waals surface area contributed by atoms with Gasteiger partial charge in [0.25, 0.3) is 0 Å². The summed E-state index contributed by atoms with van der Waals surface area (Å²) in [5.41, 5.74) is 4.58. The molecule has 2 aromatic carbocycles. The maximum atomic E-state index is 11.8. The molecule has 4 N–H and O–H groups in total. The van der Waals surface area contributed by atoms with Crippen molar-refractivity contribution in [3.8, 4) is 22.5 Å². The van der Waals surface area contributed by atoms with Crippen LogP contribution in [0.25, 0.3) is 33.7 Å². The molecule has 9 nitrogen and oxygen atoms in total. The molecule has 0 saturated heterocycles. The van der Waals surface area contributed by atoms with E-state index in [1.54, 1.807) is 48.7 Å². The Bertz CT molecular complexity index is 1300. The maximum absolute atomic E-state index is 11.8. The van der Waals surface area contributed by atoms with Crippen LogP contribution in [0.5, 0.6) is 0 Å². The Kier molecular flexibility index (Phi) is 6.02. The zero-order valence-corrected chi connectivity index (χ0v) is 17.6. The largest absolute Gasteiger partial charge is 0.465 e. The molecular weight excluding hydrogens is 434 g/mol. The van der Waals surface area contributed by atoms with E-state index in [-0.39, 0.29) is 12.5 Å². The number of fused-ring (bicyclic) bond motifs is 1. The molecule has 0 bridgehead atoms. The molecule has 2 aromatic heterocycles. The summed E-state index contributed by atoms with van der Waals surface area (Å²) in [6, 6.07) is 14.0. The van der Waals surface area contributed by atoms with Crippen LogP contribution in [-0.4, -0.2) is 45.8 Å². The highest BCUT2D eigenvalue weighted by atomic mass is 35.5. The molecule has 32 heavy (non-hydrogen) atoms. The summed E-state index contributed by atoms with van der Waals surface area (Å²) in [6.45, 7) is -0.0529. The first-order valence-electron chi connectivity index (χ1n) is 9.48. The molecule has 2 heterocycles. The second-order valence-electron chi connectivity index (χ2n) is 6.86. The quantitative estimate of drug-likeness (QED) is 0.338. The van der Waals surface area contributed by atoms with E-state index in [9.17, 15) is 9.59 Å². The summed E-state index contributed by atoms with van der Waals surface area (Å²) in [7, 11) is 1.45. The number of nitrogens with one attached hydrogen (secondary N) is 3. The van der Waals surface area contributed by atoms with E-state index < -0.39 is 6.09 Å². The smallest absolute Gasteiger partial charge is 0.409 e. The third-order valence-electron chi connectivity index (χ3n) is 4.59. The molecule has 4 aromatic rings. The molecule has 4 rings (SSSR count). The van der Waals surface area contributed by atoms with Crippen molar-refractivity contribution in [2.24, 2.45) is 0 Å². The van der Waals surface area contributed by atoms with Crippen molar-refractivity contribution >= 4 is 46.1 Å². The van der Waals surface area contributed by atoms with Gasteiger partial charge in [0.05, 0.1) is 10.5 Å². The number of carboxylic acid groups (broad SMARTS) is 1. The van der Waals surface area contributed by atoms with Crippen molar-refractivity contribution in [2.75, 3.05) is 24.4 Å². The number of H-pyrrole nitrogens is 1. The van der Waals surface area contributed by atoms with Crippen molar-refractivity contribution in [1.82, 2.24) is 15.0 Å². The van der Waals surface area contributed by atoms with Gasteiger partial charge in [-0.25, -0.2) is 14.8 Å². The molecule has 10 heteroatoms. The third kappa shape index (κ3) is 4.69. The number of aromatic nitrogens is 3. The minimum atomic E-state index is -1.12. The van der Waals surface area contributed by atoms with Crippen LogP contribution in [0.15, 0.2) is 54.7 Å². The number of imidazole rings is 1. The fourth-order valence-electron chi connectivity index (χ4n) is 3.17. The standard InChI is InChI=1S/C22H18ClN5O4/c1-32-11-19(29)25-15-6-7-17(23)16(9-15)20-27-18-8-13(10-24-21(18)28-20)12-2-4-14(5-3-12)26-22(30)31/h2-10,26H,11H2,1H3,(H,25,29)(H,30,31)(H,24,27,28). The molecule has 0 aliphatic rings. The molecule has 0 saturated carbocycles. The van der Waals surface area contributed by atoms with Gasteiger partial charge in [-0.05, 0) is 42.0 Å². The first-order valence-corrected chi connectivity index (χ1v) is 9.85. The van der Waals surface area contributed by atoms with Crippen molar-refractivity contribution in [3.05, 3.63) is 59.8 Å². The van der Waals surface area contributed by atoms with E-state index in [2.05, 4.69) is 25.6 Å². The number of hydrogen-bond donors (Lipinski definition) is 4. The predicted octanol–water partition coefficient (Wildman–Crippen LogP) is 4.62. The summed E-state index contributed by atoms with van der Waals surface area (Å²) in [5.74, 6) is 0.236. The summed E-state index contributed by atoms with van der Waals surface area (Å²) in [5, 5.41) is 14.3. The topological polar surface area (TPSA) is 129 Å². The monoisotopic (exact) mass is 451 g/mol. The molecule has 2 amide bonds. The van der Waals surface area contributed by atoms with Gasteiger partial charge in [-0.2, -0.15) is 0 Å². The van der Waals surface area contributed by atoms with Gasteiger partial charge in [0.2, 0.25) is 5.91 Å². The van der Waals surface area contributed by atoms with Crippen LogP contribution in [0.4, 0.5) is 16.2 Å². The van der Waals surface area contributed by atoms with E-state index in [1.807, 2.05) is 6.07 Å². The van der Waals surface area contributed by atoms with Crippen LogP contribution in [-0.2, 0) is 9.53 Å². The molecule has 0 aliphatic carbocycles. The number of nitrogens with zero attached hydrogens (tertiary/aromatic N) is 2. The zero-order valence-electron chi connectivity index (χ0n) is 16.8. The molecule has 0 atom stereocenters. The van der Waals surface area contributed by atoms with Gasteiger partial charge in [-0.3, -0.25) is 10.1 Å². The van der Waals surface area contributed by atoms with Crippen LogP contribution in [0.3, 0.4) is 0 Å². The highest BCUT2D eigenvalue weighted by molar-refractivity contribution is 6.33. The molecule has 0 aliphatic heterocycles. The average molecular weight is 452 g/mol. The number of methoxy groups -OCH3 is 1. The molecule has 0 fully saturated rings. The Balaban J connectivity index is 1.63. The van der Waals surface area contributed by atoms with Crippen molar-refractivity contribution in [2.45, 2.75) is 0 Å². The summed E-state index contributed by atoms with van der Waals surface area (Å²) in [6.07, 6.45) is 0.571. The van der Waals surface area contributed by atoms with Crippen LogP contribution >= 0.6 is 11.6 Å². The number of hydrogen-bond acceptors (Lipinski definition) is 5. The Morgan fingerprint density at radius 1 is 1.06 bits per heavy atom. The van der Waals surface area contributed by atoms with E-state index in [0.29, 0.717) is 38.9 Å². The van der Waals surface area contributed by atoms with E-state index in [0.717, 1.165) is 11.1 Å². The number of aromatic amines is 1. The van der Waals surface area contributed by atoms with Crippen LogP contribution in [0.1, 0.15) is 0 Å². The normalized spacial score (nSPS) is 10.8. The SMILES string of the molecule is COCC(=O)Nc1ccc(Cl)c(-c2nc3ncc(-c4ccc(NC(=O)O)cc4)cc3[nH]2)c1. The van der Waals surface area contributed by atoms with Gasteiger partial charge < -0.3 is 20.1 Å².